The number of esters is 1. The van der Waals surface area contributed by atoms with E-state index in [4.69, 9.17) is 14.2 Å². The molecule has 1 aromatic carbocycles. The molecule has 1 saturated heterocycles. The van der Waals surface area contributed by atoms with E-state index in [9.17, 15) is 18.4 Å². The van der Waals surface area contributed by atoms with Crippen LogP contribution in [0.15, 0.2) is 18.2 Å². The van der Waals surface area contributed by atoms with Gasteiger partial charge in [-0.05, 0) is 66.7 Å². The molecule has 1 N–H and O–H groups in total. The van der Waals surface area contributed by atoms with Crippen molar-refractivity contribution in [3.8, 4) is 5.75 Å². The quantitative estimate of drug-likeness (QED) is 0.459. The number of hydrogen-bond acceptors (Lipinski definition) is 7. The number of anilines is 1. The van der Waals surface area contributed by atoms with E-state index in [2.05, 4.69) is 10.2 Å². The minimum Gasteiger partial charge on any atom is -0.492 e. The van der Waals surface area contributed by atoms with Gasteiger partial charge in [0.15, 0.2) is 0 Å². The molecule has 1 aliphatic heterocycles. The van der Waals surface area contributed by atoms with E-state index in [-0.39, 0.29) is 18.7 Å². The molecule has 10 heteroatoms. The first kappa shape index (κ1) is 29.6. The predicted octanol–water partition coefficient (Wildman–Crippen LogP) is 4.57. The lowest BCUT2D eigenvalue weighted by Crippen LogP contribution is -2.55. The third kappa shape index (κ3) is 9.11. The molecule has 1 unspecified atom stereocenters. The predicted molar refractivity (Wildman–Crippen MR) is 135 cm³/mol. The molecule has 0 aliphatic carbocycles. The Morgan fingerprint density at radius 3 is 2.44 bits per heavy atom. The molecular formula is C26H41F2N3O5. The second-order valence-corrected chi connectivity index (χ2v) is 10.6. The largest absolute Gasteiger partial charge is 0.492 e. The fourth-order valence-electron chi connectivity index (χ4n) is 3.96. The maximum atomic E-state index is 13.3. The average molecular weight is 514 g/mol. The number of alkyl halides is 2. The smallest absolute Gasteiger partial charge is 0.410 e. The summed E-state index contributed by atoms with van der Waals surface area (Å²) in [7, 11) is 0. The zero-order valence-electron chi connectivity index (χ0n) is 22.5. The third-order valence-electron chi connectivity index (χ3n) is 5.68. The Hall–Kier alpha value is -2.62. The van der Waals surface area contributed by atoms with Gasteiger partial charge in [-0.2, -0.15) is 0 Å². The van der Waals surface area contributed by atoms with Gasteiger partial charge in [-0.3, -0.25) is 4.90 Å². The number of benzene rings is 1. The van der Waals surface area contributed by atoms with E-state index in [0.29, 0.717) is 49.8 Å². The van der Waals surface area contributed by atoms with Gasteiger partial charge in [0, 0.05) is 49.9 Å². The first-order valence-electron chi connectivity index (χ1n) is 12.4. The lowest BCUT2D eigenvalue weighted by Gasteiger charge is -2.40. The Morgan fingerprint density at radius 1 is 1.17 bits per heavy atom. The van der Waals surface area contributed by atoms with Crippen LogP contribution in [0.3, 0.4) is 0 Å². The number of carbonyl (C=O) groups excluding carboxylic acids is 2. The van der Waals surface area contributed by atoms with Gasteiger partial charge in [0.25, 0.3) is 0 Å². The summed E-state index contributed by atoms with van der Waals surface area (Å²) < 4.78 is 43.0. The highest BCUT2D eigenvalue weighted by Crippen LogP contribution is 2.27. The van der Waals surface area contributed by atoms with E-state index in [1.807, 2.05) is 27.7 Å². The summed E-state index contributed by atoms with van der Waals surface area (Å²) in [4.78, 5) is 28.5. The summed E-state index contributed by atoms with van der Waals surface area (Å²) in [5.74, 6) is -0.0445. The Balaban J connectivity index is 1.96. The van der Waals surface area contributed by atoms with Gasteiger partial charge >= 0.3 is 12.1 Å². The summed E-state index contributed by atoms with van der Waals surface area (Å²) in [6.45, 7) is 15.6. The lowest BCUT2D eigenvalue weighted by atomic mass is 10.0. The van der Waals surface area contributed by atoms with Crippen molar-refractivity contribution in [2.75, 3.05) is 44.7 Å². The SMILES string of the molecule is CCOC(=O)C(C)(C)Nc1ccc(OCCN2CCN(C(=O)OC(C)(C)C)C(C)C2)c(CC(F)F)c1. The molecule has 0 spiro atoms. The van der Waals surface area contributed by atoms with Crippen LogP contribution in [-0.4, -0.2) is 84.9 Å². The summed E-state index contributed by atoms with van der Waals surface area (Å²) in [6, 6.07) is 4.91. The van der Waals surface area contributed by atoms with E-state index in [0.717, 1.165) is 0 Å². The number of halogens is 2. The van der Waals surface area contributed by atoms with Gasteiger partial charge in [0.1, 0.15) is 23.5 Å². The van der Waals surface area contributed by atoms with Crippen LogP contribution in [0.5, 0.6) is 5.75 Å². The Morgan fingerprint density at radius 2 is 1.86 bits per heavy atom. The first-order chi connectivity index (χ1) is 16.7. The van der Waals surface area contributed by atoms with Crippen LogP contribution in [0.25, 0.3) is 0 Å². The van der Waals surface area contributed by atoms with Crippen LogP contribution >= 0.6 is 0 Å². The van der Waals surface area contributed by atoms with Crippen molar-refractivity contribution in [1.29, 1.82) is 0 Å². The zero-order chi connectivity index (χ0) is 27.1. The standard InChI is InChI=1S/C26H41F2N3O5/c1-8-34-23(32)26(6,7)29-20-9-10-21(19(15-20)16-22(27)28)35-14-13-30-11-12-31(18(2)17-30)24(33)36-25(3,4)5/h9-10,15,18,22,29H,8,11-14,16-17H2,1-7H3. The molecule has 0 bridgehead atoms. The molecule has 1 atom stereocenters. The second-order valence-electron chi connectivity index (χ2n) is 10.6. The van der Waals surface area contributed by atoms with E-state index in [1.54, 1.807) is 43.9 Å². The summed E-state index contributed by atoms with van der Waals surface area (Å²) >= 11 is 0. The number of ether oxygens (including phenoxy) is 3. The van der Waals surface area contributed by atoms with Crippen molar-refractivity contribution < 1.29 is 32.6 Å². The summed E-state index contributed by atoms with van der Waals surface area (Å²) in [5, 5.41) is 3.06. The zero-order valence-corrected chi connectivity index (χ0v) is 22.5. The average Bonchev–Trinajstić information content (AvgIpc) is 2.73. The van der Waals surface area contributed by atoms with Gasteiger partial charge in [-0.15, -0.1) is 0 Å². The number of carbonyl (C=O) groups is 2. The minimum atomic E-state index is -2.54. The Labute approximate surface area is 213 Å². The molecule has 2 rings (SSSR count). The van der Waals surface area contributed by atoms with Crippen molar-refractivity contribution >= 4 is 17.7 Å². The fourth-order valence-corrected chi connectivity index (χ4v) is 3.96. The molecule has 1 aliphatic rings. The number of nitrogens with one attached hydrogen (secondary N) is 1. The number of nitrogens with zero attached hydrogens (tertiary/aromatic N) is 2. The van der Waals surface area contributed by atoms with E-state index in [1.165, 1.54) is 0 Å². The monoisotopic (exact) mass is 513 g/mol. The summed E-state index contributed by atoms with van der Waals surface area (Å²) in [6.07, 6.45) is -3.32. The van der Waals surface area contributed by atoms with Gasteiger partial charge in [0.05, 0.1) is 6.61 Å². The molecule has 0 radical (unpaired) electrons. The van der Waals surface area contributed by atoms with Crippen LogP contribution in [0.4, 0.5) is 19.3 Å². The number of rotatable bonds is 10. The summed E-state index contributed by atoms with van der Waals surface area (Å²) in [5.41, 5.74) is -0.670. The molecular weight excluding hydrogens is 472 g/mol. The first-order valence-corrected chi connectivity index (χ1v) is 12.4. The molecule has 8 nitrogen and oxygen atoms in total. The maximum Gasteiger partial charge on any atom is 0.410 e. The van der Waals surface area contributed by atoms with Crippen molar-refractivity contribution in [3.63, 3.8) is 0 Å². The van der Waals surface area contributed by atoms with Gasteiger partial charge < -0.3 is 24.4 Å². The molecule has 36 heavy (non-hydrogen) atoms. The molecule has 1 heterocycles. The minimum absolute atomic E-state index is 0.0175. The van der Waals surface area contributed by atoms with Crippen LogP contribution in [0.2, 0.25) is 0 Å². The van der Waals surface area contributed by atoms with Gasteiger partial charge in [-0.25, -0.2) is 18.4 Å². The molecule has 1 aromatic rings. The van der Waals surface area contributed by atoms with E-state index >= 15 is 0 Å². The second kappa shape index (κ2) is 12.6. The molecule has 0 saturated carbocycles. The highest BCUT2D eigenvalue weighted by molar-refractivity contribution is 5.83. The Bertz CT molecular complexity index is 889. The molecule has 1 amide bonds. The van der Waals surface area contributed by atoms with Crippen LogP contribution in [0.1, 0.15) is 54.0 Å². The number of hydrogen-bond donors (Lipinski definition) is 1. The fraction of sp³-hybridized carbons (Fsp3) is 0.692. The van der Waals surface area contributed by atoms with Crippen molar-refractivity contribution in [2.45, 2.75) is 78.5 Å². The highest BCUT2D eigenvalue weighted by atomic mass is 19.3. The normalized spacial score (nSPS) is 17.2. The van der Waals surface area contributed by atoms with Crippen LogP contribution in [-0.2, 0) is 20.7 Å². The highest BCUT2D eigenvalue weighted by Gasteiger charge is 2.31. The van der Waals surface area contributed by atoms with Crippen molar-refractivity contribution in [3.05, 3.63) is 23.8 Å². The van der Waals surface area contributed by atoms with Crippen LogP contribution in [0, 0.1) is 0 Å². The van der Waals surface area contributed by atoms with Gasteiger partial charge in [0.2, 0.25) is 6.43 Å². The van der Waals surface area contributed by atoms with E-state index < -0.39 is 30.0 Å². The third-order valence-corrected chi connectivity index (χ3v) is 5.68. The van der Waals surface area contributed by atoms with Crippen molar-refractivity contribution in [2.24, 2.45) is 0 Å². The number of piperazine rings is 1. The molecule has 0 aromatic heterocycles. The lowest BCUT2D eigenvalue weighted by molar-refractivity contribution is -0.147. The number of amides is 1. The molecule has 204 valence electrons. The maximum absolute atomic E-state index is 13.3. The Kier molecular flexibility index (Phi) is 10.3. The molecule has 1 fully saturated rings. The van der Waals surface area contributed by atoms with Crippen LogP contribution < -0.4 is 10.1 Å². The van der Waals surface area contributed by atoms with Crippen molar-refractivity contribution in [1.82, 2.24) is 9.80 Å². The van der Waals surface area contributed by atoms with Gasteiger partial charge in [-0.1, -0.05) is 0 Å². The topological polar surface area (TPSA) is 80.3 Å².